The van der Waals surface area contributed by atoms with Crippen molar-refractivity contribution in [2.24, 2.45) is 0 Å². The molecule has 4 nitrogen and oxygen atoms in total. The number of nitrogens with zero attached hydrogens (tertiary/aromatic N) is 1. The first-order valence-electron chi connectivity index (χ1n) is 7.66. The number of rotatable bonds is 6. The van der Waals surface area contributed by atoms with Crippen molar-refractivity contribution in [3.8, 4) is 11.5 Å². The van der Waals surface area contributed by atoms with Gasteiger partial charge in [0.05, 0.1) is 0 Å². The number of hydrogen-bond acceptors (Lipinski definition) is 4. The number of unbranched alkanes of at least 4 members (excludes halogenated alkanes) is 1. The van der Waals surface area contributed by atoms with Crippen LogP contribution in [0.2, 0.25) is 0 Å². The number of para-hydroxylation sites is 1. The largest absolute Gasteiger partial charge is 0.504 e. The maximum atomic E-state index is 9.77. The van der Waals surface area contributed by atoms with Gasteiger partial charge in [0.2, 0.25) is 0 Å². The van der Waals surface area contributed by atoms with Crippen LogP contribution in [-0.2, 0) is 6.54 Å². The number of nitrogens with one attached hydrogen (secondary N) is 1. The van der Waals surface area contributed by atoms with Crippen molar-refractivity contribution in [1.29, 1.82) is 0 Å². The molecule has 1 fully saturated rings. The topological polar surface area (TPSA) is 55.7 Å². The molecular weight excluding hydrogens is 252 g/mol. The summed E-state index contributed by atoms with van der Waals surface area (Å²) in [6, 6.07) is 5.62. The third-order valence-corrected chi connectivity index (χ3v) is 4.09. The number of likely N-dealkylation sites (tertiary alicyclic amines) is 1. The van der Waals surface area contributed by atoms with Crippen LogP contribution in [0.25, 0.3) is 0 Å². The molecule has 0 aromatic heterocycles. The van der Waals surface area contributed by atoms with Crippen LogP contribution in [0, 0.1) is 0 Å². The Hall–Kier alpha value is -1.26. The minimum absolute atomic E-state index is 0.000353. The molecule has 112 valence electrons. The molecule has 1 aromatic rings. The van der Waals surface area contributed by atoms with Crippen molar-refractivity contribution in [2.45, 2.75) is 45.2 Å². The highest BCUT2D eigenvalue weighted by Crippen LogP contribution is 2.28. The second-order valence-corrected chi connectivity index (χ2v) is 5.64. The molecule has 0 aliphatic carbocycles. The number of phenols is 2. The Balaban J connectivity index is 1.74. The molecule has 0 saturated carbocycles. The summed E-state index contributed by atoms with van der Waals surface area (Å²) in [5.74, 6) is -0.0425. The molecular formula is C16H26N2O2. The summed E-state index contributed by atoms with van der Waals surface area (Å²) < 4.78 is 0. The van der Waals surface area contributed by atoms with Gasteiger partial charge in [-0.15, -0.1) is 0 Å². The first kappa shape index (κ1) is 15.1. The van der Waals surface area contributed by atoms with Gasteiger partial charge in [0.15, 0.2) is 11.5 Å². The van der Waals surface area contributed by atoms with Crippen molar-refractivity contribution in [1.82, 2.24) is 10.2 Å². The van der Waals surface area contributed by atoms with Crippen molar-refractivity contribution in [3.63, 3.8) is 0 Å². The van der Waals surface area contributed by atoms with Crippen molar-refractivity contribution < 1.29 is 10.2 Å². The number of hydrogen-bond donors (Lipinski definition) is 3. The zero-order valence-corrected chi connectivity index (χ0v) is 12.3. The van der Waals surface area contributed by atoms with Gasteiger partial charge in [-0.1, -0.05) is 25.5 Å². The minimum Gasteiger partial charge on any atom is -0.504 e. The molecule has 1 saturated heterocycles. The van der Waals surface area contributed by atoms with Crippen molar-refractivity contribution in [3.05, 3.63) is 23.8 Å². The monoisotopic (exact) mass is 278 g/mol. The summed E-state index contributed by atoms with van der Waals surface area (Å²) in [5.41, 5.74) is 0.762. The highest BCUT2D eigenvalue weighted by Gasteiger charge is 2.18. The lowest BCUT2D eigenvalue weighted by Crippen LogP contribution is -2.42. The van der Waals surface area contributed by atoms with E-state index in [1.807, 2.05) is 6.07 Å². The number of phenolic OH excluding ortho intramolecular Hbond substituents is 2. The van der Waals surface area contributed by atoms with Crippen LogP contribution in [-0.4, -0.2) is 40.8 Å². The summed E-state index contributed by atoms with van der Waals surface area (Å²) in [7, 11) is 0. The second kappa shape index (κ2) is 7.50. The van der Waals surface area contributed by atoms with Gasteiger partial charge < -0.3 is 20.4 Å². The SMILES string of the molecule is CCCCN1CCC(NCc2cccc(O)c2O)CC1. The predicted molar refractivity (Wildman–Crippen MR) is 81.0 cm³/mol. The fourth-order valence-corrected chi connectivity index (χ4v) is 2.72. The molecule has 1 aliphatic rings. The molecule has 0 spiro atoms. The molecule has 0 amide bonds. The lowest BCUT2D eigenvalue weighted by Gasteiger charge is -2.32. The summed E-state index contributed by atoms with van der Waals surface area (Å²) >= 11 is 0. The first-order chi connectivity index (χ1) is 9.70. The average Bonchev–Trinajstić information content (AvgIpc) is 2.48. The second-order valence-electron chi connectivity index (χ2n) is 5.64. The van der Waals surface area contributed by atoms with E-state index in [1.165, 1.54) is 25.5 Å². The Morgan fingerprint density at radius 3 is 2.70 bits per heavy atom. The minimum atomic E-state index is -0.0429. The normalized spacial score (nSPS) is 17.4. The van der Waals surface area contributed by atoms with Crippen molar-refractivity contribution >= 4 is 0 Å². The Bertz CT molecular complexity index is 415. The van der Waals surface area contributed by atoms with Gasteiger partial charge in [0.1, 0.15) is 0 Å². The lowest BCUT2D eigenvalue weighted by molar-refractivity contribution is 0.194. The van der Waals surface area contributed by atoms with E-state index in [0.717, 1.165) is 31.5 Å². The molecule has 1 aliphatic heterocycles. The molecule has 20 heavy (non-hydrogen) atoms. The van der Waals surface area contributed by atoms with Gasteiger partial charge in [0, 0.05) is 18.2 Å². The summed E-state index contributed by atoms with van der Waals surface area (Å²) in [6.45, 7) is 6.37. The van der Waals surface area contributed by atoms with Crippen LogP contribution < -0.4 is 5.32 Å². The van der Waals surface area contributed by atoms with Crippen molar-refractivity contribution in [2.75, 3.05) is 19.6 Å². The summed E-state index contributed by atoms with van der Waals surface area (Å²) in [5, 5.41) is 22.7. The molecule has 0 radical (unpaired) electrons. The zero-order chi connectivity index (χ0) is 14.4. The number of piperidine rings is 1. The van der Waals surface area contributed by atoms with Gasteiger partial charge in [-0.25, -0.2) is 0 Å². The van der Waals surface area contributed by atoms with Crippen LogP contribution in [0.1, 0.15) is 38.2 Å². The molecule has 0 bridgehead atoms. The van der Waals surface area contributed by atoms with E-state index in [2.05, 4.69) is 17.1 Å². The predicted octanol–water partition coefficient (Wildman–Crippen LogP) is 2.45. The summed E-state index contributed by atoms with van der Waals surface area (Å²) in [4.78, 5) is 2.54. The zero-order valence-electron chi connectivity index (χ0n) is 12.3. The molecule has 4 heteroatoms. The molecule has 1 heterocycles. The fourth-order valence-electron chi connectivity index (χ4n) is 2.72. The van der Waals surface area contributed by atoms with Crippen LogP contribution in [0.5, 0.6) is 11.5 Å². The van der Waals surface area contributed by atoms with Crippen LogP contribution >= 0.6 is 0 Å². The van der Waals surface area contributed by atoms with Gasteiger partial charge in [-0.3, -0.25) is 0 Å². The fraction of sp³-hybridized carbons (Fsp3) is 0.625. The third kappa shape index (κ3) is 4.12. The standard InChI is InChI=1S/C16H26N2O2/c1-2-3-9-18-10-7-14(8-11-18)17-12-13-5-4-6-15(19)16(13)20/h4-6,14,17,19-20H,2-3,7-12H2,1H3. The Kier molecular flexibility index (Phi) is 5.68. The Morgan fingerprint density at radius 1 is 1.25 bits per heavy atom. The molecule has 0 atom stereocenters. The quantitative estimate of drug-likeness (QED) is 0.700. The van der Waals surface area contributed by atoms with E-state index < -0.39 is 0 Å². The molecule has 1 aromatic carbocycles. The highest BCUT2D eigenvalue weighted by atomic mass is 16.3. The van der Waals surface area contributed by atoms with Gasteiger partial charge >= 0.3 is 0 Å². The van der Waals surface area contributed by atoms with E-state index in [1.54, 1.807) is 6.07 Å². The first-order valence-corrected chi connectivity index (χ1v) is 7.66. The lowest BCUT2D eigenvalue weighted by atomic mass is 10.0. The smallest absolute Gasteiger partial charge is 0.161 e. The molecule has 3 N–H and O–H groups in total. The maximum absolute atomic E-state index is 9.77. The average molecular weight is 278 g/mol. The third-order valence-electron chi connectivity index (χ3n) is 4.09. The number of aromatic hydroxyl groups is 2. The van der Waals surface area contributed by atoms with E-state index >= 15 is 0 Å². The number of benzene rings is 1. The van der Waals surface area contributed by atoms with E-state index in [0.29, 0.717) is 12.6 Å². The van der Waals surface area contributed by atoms with Gasteiger partial charge in [0.25, 0.3) is 0 Å². The Morgan fingerprint density at radius 2 is 2.00 bits per heavy atom. The molecule has 2 rings (SSSR count). The Labute approximate surface area is 121 Å². The van der Waals surface area contributed by atoms with Gasteiger partial charge in [-0.2, -0.15) is 0 Å². The van der Waals surface area contributed by atoms with Crippen LogP contribution in [0.3, 0.4) is 0 Å². The van der Waals surface area contributed by atoms with E-state index in [9.17, 15) is 10.2 Å². The van der Waals surface area contributed by atoms with Crippen LogP contribution in [0.15, 0.2) is 18.2 Å². The van der Waals surface area contributed by atoms with Crippen LogP contribution in [0.4, 0.5) is 0 Å². The van der Waals surface area contributed by atoms with E-state index in [-0.39, 0.29) is 11.5 Å². The maximum Gasteiger partial charge on any atom is 0.161 e. The van der Waals surface area contributed by atoms with E-state index in [4.69, 9.17) is 0 Å². The highest BCUT2D eigenvalue weighted by molar-refractivity contribution is 5.44. The van der Waals surface area contributed by atoms with Gasteiger partial charge in [-0.05, 0) is 45.0 Å². The molecule has 0 unspecified atom stereocenters. The summed E-state index contributed by atoms with van der Waals surface area (Å²) in [6.07, 6.45) is 4.86.